The van der Waals surface area contributed by atoms with Gasteiger partial charge in [-0.1, -0.05) is 12.1 Å². The Kier molecular flexibility index (Phi) is 3.31. The average molecular weight is 283 g/mol. The van der Waals surface area contributed by atoms with Gasteiger partial charge in [0, 0.05) is 0 Å². The molecule has 0 radical (unpaired) electrons. The summed E-state index contributed by atoms with van der Waals surface area (Å²) in [5.74, 6) is 1.41. The summed E-state index contributed by atoms with van der Waals surface area (Å²) in [5.41, 5.74) is 0.725. The van der Waals surface area contributed by atoms with E-state index in [-0.39, 0.29) is 5.89 Å². The highest BCUT2D eigenvalue weighted by molar-refractivity contribution is 5.80. The highest BCUT2D eigenvalue weighted by Gasteiger charge is 2.13. The summed E-state index contributed by atoms with van der Waals surface area (Å²) in [5, 5.41) is 0.382. The minimum atomic E-state index is -0.459. The van der Waals surface area contributed by atoms with Gasteiger partial charge in [-0.25, -0.2) is 9.78 Å². The van der Waals surface area contributed by atoms with Crippen molar-refractivity contribution in [2.75, 3.05) is 14.2 Å². The molecule has 0 aliphatic heterocycles. The van der Waals surface area contributed by atoms with Crippen LogP contribution in [0.25, 0.3) is 22.4 Å². The van der Waals surface area contributed by atoms with Crippen LogP contribution in [0.15, 0.2) is 51.7 Å². The zero-order valence-corrected chi connectivity index (χ0v) is 11.6. The van der Waals surface area contributed by atoms with Crippen molar-refractivity contribution in [1.29, 1.82) is 0 Å². The van der Waals surface area contributed by atoms with Gasteiger partial charge in [-0.3, -0.25) is 0 Å². The maximum absolute atomic E-state index is 12.1. The first kappa shape index (κ1) is 13.2. The number of fused-ring (bicyclic) bond motifs is 1. The van der Waals surface area contributed by atoms with Crippen molar-refractivity contribution in [1.82, 2.24) is 4.98 Å². The van der Waals surface area contributed by atoms with E-state index in [1.54, 1.807) is 44.6 Å². The predicted octanol–water partition coefficient (Wildman–Crippen LogP) is 2.87. The number of benzene rings is 2. The Morgan fingerprint density at radius 2 is 1.86 bits per heavy atom. The lowest BCUT2D eigenvalue weighted by atomic mass is 10.2. The van der Waals surface area contributed by atoms with E-state index in [1.165, 1.54) is 0 Å². The fourth-order valence-corrected chi connectivity index (χ4v) is 2.11. The molecule has 0 unspecified atom stereocenters. The number of ether oxygens (including phenoxy) is 2. The lowest BCUT2D eigenvalue weighted by Gasteiger charge is -2.07. The minimum absolute atomic E-state index is 0.232. The molecule has 0 atom stereocenters. The fraction of sp³-hybridized carbons (Fsp3) is 0.125. The van der Waals surface area contributed by atoms with Crippen LogP contribution >= 0.6 is 0 Å². The van der Waals surface area contributed by atoms with E-state index in [0.29, 0.717) is 28.0 Å². The van der Waals surface area contributed by atoms with Crippen LogP contribution in [-0.2, 0) is 0 Å². The number of para-hydroxylation sites is 1. The molecule has 0 N–H and O–H groups in total. The zero-order chi connectivity index (χ0) is 14.8. The Morgan fingerprint density at radius 1 is 1.05 bits per heavy atom. The van der Waals surface area contributed by atoms with Crippen molar-refractivity contribution < 1.29 is 13.9 Å². The molecule has 5 nitrogen and oxygen atoms in total. The van der Waals surface area contributed by atoms with Gasteiger partial charge in [0.2, 0.25) is 5.89 Å². The number of nitrogens with zero attached hydrogens (tertiary/aromatic N) is 1. The molecule has 21 heavy (non-hydrogen) atoms. The third-order valence-electron chi connectivity index (χ3n) is 3.17. The van der Waals surface area contributed by atoms with Crippen molar-refractivity contribution in [3.8, 4) is 23.0 Å². The summed E-state index contributed by atoms with van der Waals surface area (Å²) in [6.45, 7) is 0. The van der Waals surface area contributed by atoms with Gasteiger partial charge in [0.1, 0.15) is 11.5 Å². The highest BCUT2D eigenvalue weighted by Crippen LogP contribution is 2.28. The molecular formula is C16H13NO4. The highest BCUT2D eigenvalue weighted by atomic mass is 16.5. The Labute approximate surface area is 120 Å². The van der Waals surface area contributed by atoms with Gasteiger partial charge < -0.3 is 13.9 Å². The Hall–Kier alpha value is -2.82. The maximum atomic E-state index is 12.1. The molecule has 5 heteroatoms. The fourth-order valence-electron chi connectivity index (χ4n) is 2.11. The van der Waals surface area contributed by atoms with E-state index in [1.807, 2.05) is 12.1 Å². The zero-order valence-electron chi connectivity index (χ0n) is 11.6. The van der Waals surface area contributed by atoms with Crippen LogP contribution in [0.5, 0.6) is 11.5 Å². The van der Waals surface area contributed by atoms with Crippen molar-refractivity contribution >= 4 is 10.9 Å². The van der Waals surface area contributed by atoms with E-state index in [2.05, 4.69) is 4.98 Å². The van der Waals surface area contributed by atoms with Crippen LogP contribution < -0.4 is 15.1 Å². The van der Waals surface area contributed by atoms with Crippen LogP contribution in [0, 0.1) is 0 Å². The van der Waals surface area contributed by atoms with Crippen molar-refractivity contribution in [2.45, 2.75) is 0 Å². The molecule has 3 rings (SSSR count). The summed E-state index contributed by atoms with van der Waals surface area (Å²) in [6, 6.07) is 12.3. The Bertz CT molecular complexity index is 854. The second kappa shape index (κ2) is 5.28. The molecule has 106 valence electrons. The summed E-state index contributed by atoms with van der Waals surface area (Å²) < 4.78 is 15.7. The summed E-state index contributed by atoms with van der Waals surface area (Å²) in [7, 11) is 3.10. The molecule has 0 bridgehead atoms. The van der Waals surface area contributed by atoms with Crippen molar-refractivity contribution in [2.24, 2.45) is 0 Å². The van der Waals surface area contributed by atoms with E-state index in [4.69, 9.17) is 13.9 Å². The van der Waals surface area contributed by atoms with Gasteiger partial charge in [-0.05, 0) is 30.3 Å². The van der Waals surface area contributed by atoms with Crippen LogP contribution in [0.3, 0.4) is 0 Å². The van der Waals surface area contributed by atoms with E-state index >= 15 is 0 Å². The van der Waals surface area contributed by atoms with E-state index in [9.17, 15) is 4.79 Å². The minimum Gasteiger partial charge on any atom is -0.497 e. The number of hydrogen-bond donors (Lipinski definition) is 0. The molecule has 0 saturated carbocycles. The molecule has 0 aliphatic carbocycles. The lowest BCUT2D eigenvalue weighted by Crippen LogP contribution is -2.03. The van der Waals surface area contributed by atoms with Crippen LogP contribution in [-0.4, -0.2) is 19.2 Å². The molecular weight excluding hydrogens is 270 g/mol. The largest absolute Gasteiger partial charge is 0.497 e. The number of methoxy groups -OCH3 is 2. The summed E-state index contributed by atoms with van der Waals surface area (Å²) in [4.78, 5) is 16.5. The first-order valence-electron chi connectivity index (χ1n) is 6.35. The molecule has 0 spiro atoms. The molecule has 0 fully saturated rings. The van der Waals surface area contributed by atoms with Crippen LogP contribution in [0.4, 0.5) is 0 Å². The van der Waals surface area contributed by atoms with Crippen LogP contribution in [0.1, 0.15) is 0 Å². The van der Waals surface area contributed by atoms with Gasteiger partial charge in [0.15, 0.2) is 0 Å². The first-order valence-corrected chi connectivity index (χ1v) is 6.35. The van der Waals surface area contributed by atoms with Gasteiger partial charge in [-0.15, -0.1) is 0 Å². The lowest BCUT2D eigenvalue weighted by molar-refractivity contribution is 0.412. The molecule has 2 aromatic carbocycles. The average Bonchev–Trinajstić information content (AvgIpc) is 2.54. The smallest absolute Gasteiger partial charge is 0.347 e. The first-order chi connectivity index (χ1) is 10.2. The maximum Gasteiger partial charge on any atom is 0.347 e. The van der Waals surface area contributed by atoms with E-state index < -0.39 is 5.63 Å². The third-order valence-corrected chi connectivity index (χ3v) is 3.17. The molecule has 0 aliphatic rings. The normalized spacial score (nSPS) is 10.6. The molecule has 0 amide bonds. The molecule has 1 aromatic heterocycles. The van der Waals surface area contributed by atoms with Crippen LogP contribution in [0.2, 0.25) is 0 Å². The predicted molar refractivity (Wildman–Crippen MR) is 78.8 cm³/mol. The van der Waals surface area contributed by atoms with E-state index in [0.717, 1.165) is 0 Å². The van der Waals surface area contributed by atoms with Crippen molar-refractivity contribution in [3.63, 3.8) is 0 Å². The summed E-state index contributed by atoms with van der Waals surface area (Å²) in [6.07, 6.45) is 0. The van der Waals surface area contributed by atoms with Gasteiger partial charge >= 0.3 is 5.63 Å². The standard InChI is InChI=1S/C16H13NO4/c1-19-10-7-8-13-12(9-10)16(18)21-15(17-13)11-5-3-4-6-14(11)20-2/h3-9H,1-2H3. The second-order valence-electron chi connectivity index (χ2n) is 4.39. The quantitative estimate of drug-likeness (QED) is 0.739. The number of rotatable bonds is 3. The Morgan fingerprint density at radius 3 is 2.62 bits per heavy atom. The topological polar surface area (TPSA) is 61.6 Å². The van der Waals surface area contributed by atoms with Gasteiger partial charge in [0.25, 0.3) is 0 Å². The number of hydrogen-bond acceptors (Lipinski definition) is 5. The van der Waals surface area contributed by atoms with Gasteiger partial charge in [-0.2, -0.15) is 0 Å². The molecule has 3 aromatic rings. The molecule has 1 heterocycles. The SMILES string of the molecule is COc1ccc2nc(-c3ccccc3OC)oc(=O)c2c1. The summed E-state index contributed by atoms with van der Waals surface area (Å²) >= 11 is 0. The second-order valence-corrected chi connectivity index (χ2v) is 4.39. The Balaban J connectivity index is 2.24. The molecule has 0 saturated heterocycles. The monoisotopic (exact) mass is 283 g/mol. The number of aromatic nitrogens is 1. The van der Waals surface area contributed by atoms with Crippen molar-refractivity contribution in [3.05, 3.63) is 52.9 Å². The third kappa shape index (κ3) is 2.33. The van der Waals surface area contributed by atoms with Gasteiger partial charge in [0.05, 0.1) is 30.7 Å².